The van der Waals surface area contributed by atoms with Crippen LogP contribution >= 0.6 is 31.9 Å². The maximum Gasteiger partial charge on any atom is 0.246 e. The number of sulfonamides is 1. The highest BCUT2D eigenvalue weighted by atomic mass is 79.9. The quantitative estimate of drug-likeness (QED) is 0.753. The Hall–Kier alpha value is -0.150. The number of anilines is 1. The average molecular weight is 402 g/mol. The first-order valence-corrected chi connectivity index (χ1v) is 8.07. The van der Waals surface area contributed by atoms with Gasteiger partial charge in [-0.25, -0.2) is 8.42 Å². The zero-order valence-corrected chi connectivity index (χ0v) is 13.9. The molecule has 0 aliphatic heterocycles. The molecule has 1 atom stereocenters. The lowest BCUT2D eigenvalue weighted by atomic mass is 10.3. The van der Waals surface area contributed by atoms with Crippen LogP contribution < -0.4 is 5.73 Å². The number of nitrogen functional groups attached to an aromatic ring is 1. The van der Waals surface area contributed by atoms with Crippen molar-refractivity contribution in [3.63, 3.8) is 0 Å². The Kier molecular flexibility index (Phi) is 5.19. The van der Waals surface area contributed by atoms with E-state index >= 15 is 0 Å². The van der Waals surface area contributed by atoms with Gasteiger partial charge >= 0.3 is 0 Å². The Morgan fingerprint density at radius 2 is 2.00 bits per heavy atom. The predicted molar refractivity (Wildman–Crippen MR) is 77.8 cm³/mol. The molecule has 0 aliphatic rings. The van der Waals surface area contributed by atoms with Crippen molar-refractivity contribution >= 4 is 47.6 Å². The van der Waals surface area contributed by atoms with Crippen molar-refractivity contribution in [1.29, 1.82) is 0 Å². The molecule has 0 radical (unpaired) electrons. The minimum atomic E-state index is -3.73. The van der Waals surface area contributed by atoms with E-state index in [4.69, 9.17) is 5.73 Å². The molecular weight excluding hydrogens is 388 g/mol. The average Bonchev–Trinajstić information content (AvgIpc) is 2.13. The van der Waals surface area contributed by atoms with Gasteiger partial charge in [-0.2, -0.15) is 4.31 Å². The second kappa shape index (κ2) is 5.87. The van der Waals surface area contributed by atoms with E-state index in [1.807, 2.05) is 0 Å². The summed E-state index contributed by atoms with van der Waals surface area (Å²) in [4.78, 5) is 0.00819. The third-order valence-corrected chi connectivity index (χ3v) is 5.51. The SMILES string of the molecule is CC(O)CN(C)S(=O)(=O)c1c(N)cc(Br)cc1Br. The van der Waals surface area contributed by atoms with Crippen molar-refractivity contribution in [3.8, 4) is 0 Å². The summed E-state index contributed by atoms with van der Waals surface area (Å²) in [5.74, 6) is 0. The fourth-order valence-corrected chi connectivity index (χ4v) is 4.74. The van der Waals surface area contributed by atoms with Gasteiger partial charge in [0.05, 0.1) is 11.8 Å². The summed E-state index contributed by atoms with van der Waals surface area (Å²) >= 11 is 6.42. The Morgan fingerprint density at radius 3 is 2.44 bits per heavy atom. The molecule has 0 aromatic heterocycles. The van der Waals surface area contributed by atoms with Gasteiger partial charge in [0.15, 0.2) is 0 Å². The molecule has 0 heterocycles. The van der Waals surface area contributed by atoms with Gasteiger partial charge in [0.25, 0.3) is 0 Å². The summed E-state index contributed by atoms with van der Waals surface area (Å²) < 4.78 is 26.8. The van der Waals surface area contributed by atoms with Crippen LogP contribution in [0.1, 0.15) is 6.92 Å². The molecule has 102 valence electrons. The summed E-state index contributed by atoms with van der Waals surface area (Å²) in [7, 11) is -2.33. The molecule has 0 saturated carbocycles. The largest absolute Gasteiger partial charge is 0.398 e. The molecule has 0 amide bonds. The molecule has 1 aromatic carbocycles. The van der Waals surface area contributed by atoms with Crippen LogP contribution in [0, 0.1) is 0 Å². The summed E-state index contributed by atoms with van der Waals surface area (Å²) in [6.45, 7) is 1.52. The Balaban J connectivity index is 3.29. The van der Waals surface area contributed by atoms with Crippen molar-refractivity contribution in [1.82, 2.24) is 4.31 Å². The van der Waals surface area contributed by atoms with Crippen molar-refractivity contribution < 1.29 is 13.5 Å². The highest BCUT2D eigenvalue weighted by Crippen LogP contribution is 2.33. The summed E-state index contributed by atoms with van der Waals surface area (Å²) in [6, 6.07) is 3.13. The van der Waals surface area contributed by atoms with Gasteiger partial charge < -0.3 is 10.8 Å². The summed E-state index contributed by atoms with van der Waals surface area (Å²) in [6.07, 6.45) is -0.750. The topological polar surface area (TPSA) is 83.6 Å². The molecule has 1 unspecified atom stereocenters. The van der Waals surface area contributed by atoms with Crippen molar-refractivity contribution in [2.75, 3.05) is 19.3 Å². The van der Waals surface area contributed by atoms with Gasteiger partial charge in [-0.1, -0.05) is 15.9 Å². The van der Waals surface area contributed by atoms with E-state index in [1.165, 1.54) is 20.0 Å². The lowest BCUT2D eigenvalue weighted by Gasteiger charge is -2.20. The summed E-state index contributed by atoms with van der Waals surface area (Å²) in [5.41, 5.74) is 5.90. The number of nitrogens with zero attached hydrogens (tertiary/aromatic N) is 1. The highest BCUT2D eigenvalue weighted by molar-refractivity contribution is 9.11. The van der Waals surface area contributed by atoms with Crippen LogP contribution in [0.25, 0.3) is 0 Å². The standard InChI is InChI=1S/C10H14Br2N2O3S/c1-6(15)5-14(2)18(16,17)10-8(12)3-7(11)4-9(10)13/h3-4,6,15H,5,13H2,1-2H3. The number of aliphatic hydroxyl groups is 1. The van der Waals surface area contributed by atoms with E-state index in [2.05, 4.69) is 31.9 Å². The Bertz CT molecular complexity index is 523. The van der Waals surface area contributed by atoms with Gasteiger partial charge in [0.2, 0.25) is 10.0 Å². The van der Waals surface area contributed by atoms with Gasteiger partial charge in [0, 0.05) is 22.5 Å². The zero-order chi connectivity index (χ0) is 14.1. The van der Waals surface area contributed by atoms with Crippen LogP contribution in [-0.2, 0) is 10.0 Å². The number of hydrogen-bond acceptors (Lipinski definition) is 4. The molecule has 0 aliphatic carbocycles. The van der Waals surface area contributed by atoms with Gasteiger partial charge in [-0.05, 0) is 35.0 Å². The summed E-state index contributed by atoms with van der Waals surface area (Å²) in [5, 5.41) is 9.26. The van der Waals surface area contributed by atoms with Crippen molar-refractivity contribution in [3.05, 3.63) is 21.1 Å². The smallest absolute Gasteiger partial charge is 0.246 e. The first-order valence-electron chi connectivity index (χ1n) is 5.05. The van der Waals surface area contributed by atoms with Crippen molar-refractivity contribution in [2.45, 2.75) is 17.9 Å². The van der Waals surface area contributed by atoms with Gasteiger partial charge in [0.1, 0.15) is 4.90 Å². The van der Waals surface area contributed by atoms with E-state index in [0.717, 1.165) is 4.31 Å². The lowest BCUT2D eigenvalue weighted by molar-refractivity contribution is 0.171. The predicted octanol–water partition coefficient (Wildman–Crippen LogP) is 1.80. The molecule has 3 N–H and O–H groups in total. The van der Waals surface area contributed by atoms with E-state index < -0.39 is 16.1 Å². The number of likely N-dealkylation sites (N-methyl/N-ethyl adjacent to an activating group) is 1. The maximum atomic E-state index is 12.3. The van der Waals surface area contributed by atoms with Gasteiger partial charge in [-0.15, -0.1) is 0 Å². The first kappa shape index (κ1) is 15.9. The molecule has 1 rings (SSSR count). The number of benzene rings is 1. The van der Waals surface area contributed by atoms with Crippen LogP contribution in [0.2, 0.25) is 0 Å². The molecule has 0 fully saturated rings. The number of hydrogen-bond donors (Lipinski definition) is 2. The lowest BCUT2D eigenvalue weighted by Crippen LogP contribution is -2.33. The maximum absolute atomic E-state index is 12.3. The third-order valence-electron chi connectivity index (χ3n) is 2.23. The molecule has 8 heteroatoms. The van der Waals surface area contributed by atoms with E-state index in [1.54, 1.807) is 6.07 Å². The zero-order valence-electron chi connectivity index (χ0n) is 9.89. The number of aliphatic hydroxyl groups excluding tert-OH is 1. The fourth-order valence-electron chi connectivity index (χ4n) is 1.48. The highest BCUT2D eigenvalue weighted by Gasteiger charge is 2.27. The van der Waals surface area contributed by atoms with E-state index in [9.17, 15) is 13.5 Å². The number of halogens is 2. The van der Waals surface area contributed by atoms with Crippen LogP contribution in [0.3, 0.4) is 0 Å². The monoisotopic (exact) mass is 400 g/mol. The van der Waals surface area contributed by atoms with Crippen LogP contribution in [0.15, 0.2) is 26.0 Å². The van der Waals surface area contributed by atoms with E-state index in [-0.39, 0.29) is 17.1 Å². The van der Waals surface area contributed by atoms with Crippen LogP contribution in [0.5, 0.6) is 0 Å². The van der Waals surface area contributed by atoms with Crippen molar-refractivity contribution in [2.24, 2.45) is 0 Å². The van der Waals surface area contributed by atoms with E-state index in [0.29, 0.717) is 8.95 Å². The molecule has 5 nitrogen and oxygen atoms in total. The molecular formula is C10H14Br2N2O3S. The molecule has 0 spiro atoms. The second-order valence-corrected chi connectivity index (χ2v) is 7.69. The Morgan fingerprint density at radius 1 is 1.44 bits per heavy atom. The molecule has 0 bridgehead atoms. The third kappa shape index (κ3) is 3.45. The first-order chi connectivity index (χ1) is 8.16. The van der Waals surface area contributed by atoms with Crippen LogP contribution in [0.4, 0.5) is 5.69 Å². The minimum Gasteiger partial charge on any atom is -0.398 e. The molecule has 0 saturated heterocycles. The van der Waals surface area contributed by atoms with Crippen LogP contribution in [-0.4, -0.2) is 37.5 Å². The van der Waals surface area contributed by atoms with Gasteiger partial charge in [-0.3, -0.25) is 0 Å². The Labute approximate surface area is 123 Å². The fraction of sp³-hybridized carbons (Fsp3) is 0.400. The molecule has 18 heavy (non-hydrogen) atoms. The number of nitrogens with two attached hydrogens (primary N) is 1. The molecule has 1 aromatic rings. The minimum absolute atomic E-state index is 0.00424. The normalized spacial score (nSPS) is 13.9. The second-order valence-electron chi connectivity index (χ2n) is 3.94. The number of rotatable bonds is 4.